The van der Waals surface area contributed by atoms with Gasteiger partial charge >= 0.3 is 5.69 Å². The highest BCUT2D eigenvalue weighted by molar-refractivity contribution is 7.90. The van der Waals surface area contributed by atoms with E-state index in [1.165, 1.54) is 43.0 Å². The minimum Gasteiger partial charge on any atom is -0.474 e. The molecular weight excluding hydrogens is 847 g/mol. The van der Waals surface area contributed by atoms with E-state index in [9.17, 15) is 23.3 Å². The number of nitrogens with zero attached hydrogens (tertiary/aromatic N) is 6. The molecular formula is C48H51N9O7S. The second-order valence-electron chi connectivity index (χ2n) is 18.1. The average Bonchev–Trinajstić information content (AvgIpc) is 3.98. The van der Waals surface area contributed by atoms with Crippen molar-refractivity contribution < 1.29 is 27.6 Å². The number of rotatable bonds is 12. The van der Waals surface area contributed by atoms with E-state index in [0.29, 0.717) is 41.2 Å². The molecule has 6 aromatic rings. The van der Waals surface area contributed by atoms with Crippen LogP contribution in [0.3, 0.4) is 0 Å². The van der Waals surface area contributed by atoms with Crippen LogP contribution in [0.2, 0.25) is 0 Å². The average molecular weight is 898 g/mol. The van der Waals surface area contributed by atoms with Crippen LogP contribution in [-0.2, 0) is 16.4 Å². The van der Waals surface area contributed by atoms with Crippen molar-refractivity contribution >= 4 is 44.0 Å². The summed E-state index contributed by atoms with van der Waals surface area (Å²) in [5.41, 5.74) is 4.79. The third-order valence-corrected chi connectivity index (χ3v) is 14.9. The van der Waals surface area contributed by atoms with Gasteiger partial charge in [0.05, 0.1) is 28.8 Å². The van der Waals surface area contributed by atoms with Gasteiger partial charge in [-0.3, -0.25) is 24.8 Å². The van der Waals surface area contributed by atoms with E-state index in [0.717, 1.165) is 55.3 Å². The molecule has 4 aromatic heterocycles. The van der Waals surface area contributed by atoms with Gasteiger partial charge in [-0.15, -0.1) is 0 Å². The topological polar surface area (TPSA) is 198 Å². The number of likely N-dealkylation sites (tertiary alicyclic amines) is 1. The van der Waals surface area contributed by atoms with Gasteiger partial charge in [0.1, 0.15) is 23.8 Å². The van der Waals surface area contributed by atoms with E-state index in [1.54, 1.807) is 42.7 Å². The number of sulfonamides is 1. The van der Waals surface area contributed by atoms with Gasteiger partial charge in [0, 0.05) is 66.8 Å². The predicted octanol–water partition coefficient (Wildman–Crippen LogP) is 8.30. The van der Waals surface area contributed by atoms with E-state index in [2.05, 4.69) is 77.9 Å². The van der Waals surface area contributed by atoms with Crippen molar-refractivity contribution in [3.8, 4) is 17.4 Å². The van der Waals surface area contributed by atoms with Gasteiger partial charge in [0.15, 0.2) is 10.7 Å². The quantitative estimate of drug-likeness (QED) is 0.0784. The van der Waals surface area contributed by atoms with Gasteiger partial charge in [0.2, 0.25) is 5.88 Å². The smallest absolute Gasteiger partial charge is 0.300 e. The number of hydrogen-bond acceptors (Lipinski definition) is 13. The molecule has 0 unspecified atom stereocenters. The van der Waals surface area contributed by atoms with Gasteiger partial charge < -0.3 is 24.7 Å². The zero-order valence-corrected chi connectivity index (χ0v) is 37.1. The Balaban J connectivity index is 0.859. The van der Waals surface area contributed by atoms with Crippen molar-refractivity contribution in [3.05, 3.63) is 130 Å². The molecule has 336 valence electrons. The molecule has 17 heteroatoms. The summed E-state index contributed by atoms with van der Waals surface area (Å²) in [6, 6.07) is 24.6. The standard InChI is InChI=1S/C48H51N9O7S/c1-30(2)37-9-3-4-10-38(37)40-11-7-19-56(40)35-26-48(27-35)15-20-55(21-16-48)34-12-13-39(42(24-34)64-36-22-31-14-18-50-45(31)51-28-36)46(58)54-65(61,62)43-25-41(57(59)60)44-47(53-43)63-29-33(52-44)23-32-8-5-6-17-49-32/h3-6,8-10,12-14,17-18,22,24-25,28,30,33,35,40,52H,7,11,15-16,19-21,23,26-27,29H2,1-2H3,(H,50,51)(H,54,58)/t33-,40+/m0/s1. The molecule has 2 atom stereocenters. The highest BCUT2D eigenvalue weighted by atomic mass is 32.2. The summed E-state index contributed by atoms with van der Waals surface area (Å²) >= 11 is 0. The lowest BCUT2D eigenvalue weighted by molar-refractivity contribution is -0.384. The number of carbonyl (C=O) groups excluding carboxylic acids is 1. The Hall–Kier alpha value is -6.59. The van der Waals surface area contributed by atoms with Crippen molar-refractivity contribution in [2.24, 2.45) is 5.41 Å². The van der Waals surface area contributed by atoms with Gasteiger partial charge in [-0.1, -0.05) is 44.2 Å². The highest BCUT2D eigenvalue weighted by Crippen LogP contribution is 2.54. The van der Waals surface area contributed by atoms with Crippen molar-refractivity contribution in [1.82, 2.24) is 29.6 Å². The lowest BCUT2D eigenvalue weighted by Gasteiger charge is -2.56. The number of hydrogen-bond donors (Lipinski definition) is 3. The zero-order chi connectivity index (χ0) is 44.9. The number of benzene rings is 2. The molecule has 1 spiro atoms. The second-order valence-corrected chi connectivity index (χ2v) is 19.8. The minimum atomic E-state index is -4.77. The van der Waals surface area contributed by atoms with Crippen molar-refractivity contribution in [2.75, 3.05) is 36.5 Å². The van der Waals surface area contributed by atoms with Crippen LogP contribution in [-0.4, -0.2) is 82.4 Å². The van der Waals surface area contributed by atoms with E-state index in [4.69, 9.17) is 9.47 Å². The van der Waals surface area contributed by atoms with Crippen molar-refractivity contribution in [2.45, 2.75) is 87.9 Å². The summed E-state index contributed by atoms with van der Waals surface area (Å²) < 4.78 is 41.9. The summed E-state index contributed by atoms with van der Waals surface area (Å²) in [4.78, 5) is 46.6. The first-order valence-corrected chi connectivity index (χ1v) is 23.8. The van der Waals surface area contributed by atoms with Gasteiger partial charge in [-0.25, -0.2) is 9.71 Å². The molecule has 2 aromatic carbocycles. The van der Waals surface area contributed by atoms with Gasteiger partial charge in [-0.2, -0.15) is 13.4 Å². The highest BCUT2D eigenvalue weighted by Gasteiger charge is 2.50. The first-order chi connectivity index (χ1) is 31.4. The number of piperidine rings is 1. The van der Waals surface area contributed by atoms with Gasteiger partial charge in [0.25, 0.3) is 15.9 Å². The predicted molar refractivity (Wildman–Crippen MR) is 245 cm³/mol. The SMILES string of the molecule is CC(C)c1ccccc1[C@H]1CCCN1C1CC2(CCN(c3ccc(C(=O)NS(=O)(=O)c4cc([N+](=O)[O-])c5c(n4)OC[C@H](Cc4ccccn4)N5)c(Oc4cnc5[nH]ccc5c4)c3)CC2)C1. The number of H-pyrrole nitrogens is 1. The zero-order valence-electron chi connectivity index (χ0n) is 36.3. The lowest BCUT2D eigenvalue weighted by atomic mass is 9.59. The molecule has 65 heavy (non-hydrogen) atoms. The molecule has 3 aliphatic heterocycles. The monoisotopic (exact) mass is 897 g/mol. The number of carbonyl (C=O) groups is 1. The fraction of sp³-hybridized carbons (Fsp3) is 0.375. The van der Waals surface area contributed by atoms with Crippen LogP contribution in [0.15, 0.2) is 102 Å². The van der Waals surface area contributed by atoms with E-state index >= 15 is 0 Å². The van der Waals surface area contributed by atoms with Crippen LogP contribution in [0, 0.1) is 15.5 Å². The molecule has 1 aliphatic carbocycles. The maximum atomic E-state index is 14.0. The fourth-order valence-electron chi connectivity index (χ4n) is 10.3. The Morgan fingerprint density at radius 1 is 1.03 bits per heavy atom. The van der Waals surface area contributed by atoms with E-state index < -0.39 is 37.6 Å². The summed E-state index contributed by atoms with van der Waals surface area (Å²) in [5.74, 6) is -0.318. The Morgan fingerprint density at radius 2 is 1.85 bits per heavy atom. The van der Waals surface area contributed by atoms with E-state index in [1.807, 2.05) is 18.2 Å². The summed E-state index contributed by atoms with van der Waals surface area (Å²) in [6.45, 7) is 7.41. The number of ether oxygens (including phenoxy) is 2. The number of anilines is 2. The molecule has 0 radical (unpaired) electrons. The molecule has 7 heterocycles. The maximum Gasteiger partial charge on any atom is 0.300 e. The molecule has 2 saturated heterocycles. The summed E-state index contributed by atoms with van der Waals surface area (Å²) in [7, 11) is -4.77. The number of aromatic amines is 1. The fourth-order valence-corrected chi connectivity index (χ4v) is 11.3. The maximum absolute atomic E-state index is 14.0. The molecule has 1 saturated carbocycles. The Kier molecular flexibility index (Phi) is 11.1. The first-order valence-electron chi connectivity index (χ1n) is 22.3. The van der Waals surface area contributed by atoms with Crippen LogP contribution in [0.5, 0.6) is 17.4 Å². The Labute approximate surface area is 377 Å². The number of amides is 1. The Morgan fingerprint density at radius 3 is 2.63 bits per heavy atom. The molecule has 0 bridgehead atoms. The van der Waals surface area contributed by atoms with Crippen LogP contribution >= 0.6 is 0 Å². The van der Waals surface area contributed by atoms with Crippen LogP contribution in [0.1, 0.15) is 91.5 Å². The summed E-state index contributed by atoms with van der Waals surface area (Å²) in [6.07, 6.45) is 12.2. The molecule has 1 amide bonds. The van der Waals surface area contributed by atoms with E-state index in [-0.39, 0.29) is 29.5 Å². The van der Waals surface area contributed by atoms with Crippen molar-refractivity contribution in [3.63, 3.8) is 0 Å². The largest absolute Gasteiger partial charge is 0.474 e. The third-order valence-electron chi connectivity index (χ3n) is 13.7. The molecule has 16 nitrogen and oxygen atoms in total. The lowest BCUT2D eigenvalue weighted by Crippen LogP contribution is -2.54. The number of pyridine rings is 3. The molecule has 3 N–H and O–H groups in total. The summed E-state index contributed by atoms with van der Waals surface area (Å²) in [5, 5.41) is 15.4. The number of nitrogens with one attached hydrogen (secondary N) is 3. The Bertz CT molecular complexity index is 2880. The molecule has 3 fully saturated rings. The molecule has 4 aliphatic rings. The number of nitro groups is 1. The van der Waals surface area contributed by atoms with Crippen LogP contribution < -0.4 is 24.4 Å². The number of aromatic nitrogens is 4. The van der Waals surface area contributed by atoms with Crippen molar-refractivity contribution in [1.29, 1.82) is 0 Å². The first kappa shape index (κ1) is 42.4. The normalized spacial score (nSPS) is 19.6. The minimum absolute atomic E-state index is 0.0472. The van der Waals surface area contributed by atoms with Gasteiger partial charge in [-0.05, 0) is 104 Å². The van der Waals surface area contributed by atoms with Crippen LogP contribution in [0.25, 0.3) is 11.0 Å². The van der Waals surface area contributed by atoms with Crippen LogP contribution in [0.4, 0.5) is 17.1 Å². The third kappa shape index (κ3) is 8.45. The molecule has 10 rings (SSSR count). The number of fused-ring (bicyclic) bond motifs is 2. The second kappa shape index (κ2) is 17.1.